The first kappa shape index (κ1) is 18.7. The van der Waals surface area contributed by atoms with Crippen LogP contribution in [0.3, 0.4) is 0 Å². The summed E-state index contributed by atoms with van der Waals surface area (Å²) in [7, 11) is 0. The number of carbonyl (C=O) groups is 1. The molecule has 3 rings (SSSR count). The van der Waals surface area contributed by atoms with E-state index in [2.05, 4.69) is 10.3 Å². The lowest BCUT2D eigenvalue weighted by Crippen LogP contribution is -2.31. The fraction of sp³-hybridized carbons (Fsp3) is 0.412. The van der Waals surface area contributed by atoms with E-state index in [1.165, 1.54) is 23.5 Å². The fourth-order valence-electron chi connectivity index (χ4n) is 2.66. The number of thiazole rings is 1. The van der Waals surface area contributed by atoms with E-state index in [-0.39, 0.29) is 6.10 Å². The van der Waals surface area contributed by atoms with Gasteiger partial charge in [-0.05, 0) is 44.0 Å². The van der Waals surface area contributed by atoms with Crippen LogP contribution in [-0.2, 0) is 10.9 Å². The Balaban J connectivity index is 1.79. The summed E-state index contributed by atoms with van der Waals surface area (Å²) in [4.78, 5) is 17.4. The van der Waals surface area contributed by atoms with Gasteiger partial charge in [0.1, 0.15) is 0 Å². The summed E-state index contributed by atoms with van der Waals surface area (Å²) in [6.07, 6.45) is -0.747. The summed E-state index contributed by atoms with van der Waals surface area (Å²) in [5.41, 5.74) is -0.213. The molecule has 0 unspecified atom stereocenters. The molecule has 0 radical (unpaired) electrons. The van der Waals surface area contributed by atoms with Gasteiger partial charge in [0.15, 0.2) is 4.80 Å². The Hall–Kier alpha value is -2.13. The van der Waals surface area contributed by atoms with Crippen LogP contribution in [0.4, 0.5) is 18.0 Å². The van der Waals surface area contributed by atoms with Crippen LogP contribution < -0.4 is 10.1 Å². The number of hydrogen-bond donors (Lipinski definition) is 1. The Morgan fingerprint density at radius 2 is 2.12 bits per heavy atom. The number of rotatable bonds is 3. The smallest absolute Gasteiger partial charge is 0.376 e. The van der Waals surface area contributed by atoms with Crippen molar-refractivity contribution >= 4 is 17.4 Å². The van der Waals surface area contributed by atoms with Gasteiger partial charge in [0.2, 0.25) is 0 Å². The Kier molecular flexibility index (Phi) is 5.47. The van der Waals surface area contributed by atoms with E-state index >= 15 is 0 Å². The lowest BCUT2D eigenvalue weighted by molar-refractivity contribution is -0.137. The molecule has 9 heteroatoms. The average molecular weight is 385 g/mol. The lowest BCUT2D eigenvalue weighted by Gasteiger charge is -2.09. The van der Waals surface area contributed by atoms with E-state index in [0.29, 0.717) is 23.6 Å². The van der Waals surface area contributed by atoms with E-state index in [0.717, 1.165) is 29.9 Å². The molecule has 0 spiro atoms. The summed E-state index contributed by atoms with van der Waals surface area (Å²) in [5, 5.41) is 2.70. The molecular formula is C17H18F3N3O2S. The van der Waals surface area contributed by atoms with Crippen LogP contribution in [0.15, 0.2) is 35.5 Å². The summed E-state index contributed by atoms with van der Waals surface area (Å²) in [6.45, 7) is 2.94. The monoisotopic (exact) mass is 385 g/mol. The largest absolute Gasteiger partial charge is 0.416 e. The van der Waals surface area contributed by atoms with Crippen molar-refractivity contribution in [3.8, 4) is 5.69 Å². The van der Waals surface area contributed by atoms with Gasteiger partial charge in [0.05, 0.1) is 11.7 Å². The molecule has 5 nitrogen and oxygen atoms in total. The number of nitrogens with one attached hydrogen (secondary N) is 1. The molecule has 2 aromatic rings. The minimum atomic E-state index is -4.39. The Labute approximate surface area is 152 Å². The molecule has 1 fully saturated rings. The Morgan fingerprint density at radius 3 is 2.73 bits per heavy atom. The molecule has 2 heterocycles. The quantitative estimate of drug-likeness (QED) is 0.877. The summed E-state index contributed by atoms with van der Waals surface area (Å²) < 4.78 is 45.2. The highest BCUT2D eigenvalue weighted by Gasteiger charge is 2.30. The zero-order chi connectivity index (χ0) is 18.7. The van der Waals surface area contributed by atoms with Crippen LogP contribution in [0.2, 0.25) is 0 Å². The third-order valence-corrected chi connectivity index (χ3v) is 4.84. The second-order valence-electron chi connectivity index (χ2n) is 5.97. The maximum atomic E-state index is 12.7. The predicted octanol–water partition coefficient (Wildman–Crippen LogP) is 3.66. The average Bonchev–Trinajstić information content (AvgIpc) is 3.22. The normalized spacial score (nSPS) is 18.3. The number of nitrogens with zero attached hydrogens (tertiary/aromatic N) is 2. The van der Waals surface area contributed by atoms with Crippen molar-refractivity contribution < 1.29 is 22.7 Å². The van der Waals surface area contributed by atoms with Gasteiger partial charge in [-0.2, -0.15) is 18.2 Å². The van der Waals surface area contributed by atoms with Gasteiger partial charge in [0, 0.05) is 29.9 Å². The number of benzene rings is 1. The second-order valence-corrected chi connectivity index (χ2v) is 7.19. The highest BCUT2D eigenvalue weighted by Crippen LogP contribution is 2.29. The van der Waals surface area contributed by atoms with Gasteiger partial charge in [-0.1, -0.05) is 0 Å². The van der Waals surface area contributed by atoms with Crippen molar-refractivity contribution in [2.45, 2.75) is 32.0 Å². The molecular weight excluding hydrogens is 367 g/mol. The molecule has 0 bridgehead atoms. The van der Waals surface area contributed by atoms with Crippen molar-refractivity contribution in [2.24, 2.45) is 4.99 Å². The van der Waals surface area contributed by atoms with Crippen molar-refractivity contribution in [1.82, 2.24) is 9.88 Å². The summed E-state index contributed by atoms with van der Waals surface area (Å²) in [6, 6.07) is 4.24. The van der Waals surface area contributed by atoms with Crippen molar-refractivity contribution in [3.63, 3.8) is 0 Å². The fourth-order valence-corrected chi connectivity index (χ4v) is 3.49. The number of carbonyl (C=O) groups excluding carboxylic acids is 1. The Morgan fingerprint density at radius 1 is 1.38 bits per heavy atom. The van der Waals surface area contributed by atoms with Crippen LogP contribution in [0.5, 0.6) is 0 Å². The number of ether oxygens (including phenoxy) is 1. The molecule has 0 saturated carbocycles. The Bertz CT molecular complexity index is 834. The standard InChI is InChI=1S/C17H18F3N3O2S/c1-11-10-23(13-6-4-12(5-7-13)17(18,19)20)16(26-11)22-15(24)21-9-14-3-2-8-25-14/h4-7,10,14H,2-3,8-9H2,1H3,(H,21,24)/b22-16-/t14-/m1/s1. The van der Waals surface area contributed by atoms with Crippen LogP contribution in [0.1, 0.15) is 23.3 Å². The number of aryl methyl sites for hydroxylation is 1. The molecule has 1 atom stereocenters. The molecule has 140 valence electrons. The second kappa shape index (κ2) is 7.63. The molecule has 26 heavy (non-hydrogen) atoms. The van der Waals surface area contributed by atoms with Crippen LogP contribution in [0, 0.1) is 6.92 Å². The maximum absolute atomic E-state index is 12.7. The molecule has 1 saturated heterocycles. The molecule has 1 aliphatic heterocycles. The zero-order valence-electron chi connectivity index (χ0n) is 14.0. The number of halogens is 3. The lowest BCUT2D eigenvalue weighted by atomic mass is 10.2. The van der Waals surface area contributed by atoms with Gasteiger partial charge in [-0.3, -0.25) is 4.57 Å². The molecule has 1 aromatic heterocycles. The van der Waals surface area contributed by atoms with Crippen molar-refractivity contribution in [2.75, 3.05) is 13.2 Å². The van der Waals surface area contributed by atoms with Gasteiger partial charge < -0.3 is 10.1 Å². The van der Waals surface area contributed by atoms with E-state index in [1.54, 1.807) is 10.8 Å². The van der Waals surface area contributed by atoms with Gasteiger partial charge >= 0.3 is 12.2 Å². The van der Waals surface area contributed by atoms with Crippen LogP contribution >= 0.6 is 11.3 Å². The van der Waals surface area contributed by atoms with E-state index < -0.39 is 17.8 Å². The highest BCUT2D eigenvalue weighted by atomic mass is 32.1. The van der Waals surface area contributed by atoms with Gasteiger partial charge in [-0.15, -0.1) is 11.3 Å². The molecule has 1 aromatic carbocycles. The van der Waals surface area contributed by atoms with Gasteiger partial charge in [0.25, 0.3) is 0 Å². The first-order chi connectivity index (χ1) is 12.3. The minimum Gasteiger partial charge on any atom is -0.376 e. The third kappa shape index (κ3) is 4.53. The van der Waals surface area contributed by atoms with E-state index in [1.807, 2.05) is 6.92 Å². The van der Waals surface area contributed by atoms with Crippen molar-refractivity contribution in [3.05, 3.63) is 45.7 Å². The SMILES string of the molecule is Cc1cn(-c2ccc(C(F)(F)F)cc2)/c(=N/C(=O)NC[C@H]2CCCO2)s1. The number of amides is 2. The molecule has 0 aliphatic carbocycles. The van der Waals surface area contributed by atoms with Crippen LogP contribution in [0.25, 0.3) is 5.69 Å². The minimum absolute atomic E-state index is 0.0151. The predicted molar refractivity (Wildman–Crippen MR) is 91.3 cm³/mol. The zero-order valence-corrected chi connectivity index (χ0v) is 14.9. The number of hydrogen-bond acceptors (Lipinski definition) is 3. The van der Waals surface area contributed by atoms with E-state index in [4.69, 9.17) is 4.74 Å². The number of aromatic nitrogens is 1. The number of urea groups is 1. The first-order valence-electron chi connectivity index (χ1n) is 8.14. The highest BCUT2D eigenvalue weighted by molar-refractivity contribution is 7.09. The maximum Gasteiger partial charge on any atom is 0.416 e. The van der Waals surface area contributed by atoms with Crippen LogP contribution in [-0.4, -0.2) is 29.9 Å². The number of alkyl halides is 3. The summed E-state index contributed by atoms with van der Waals surface area (Å²) >= 11 is 1.29. The van der Waals surface area contributed by atoms with Crippen molar-refractivity contribution in [1.29, 1.82) is 0 Å². The topological polar surface area (TPSA) is 55.6 Å². The molecule has 1 N–H and O–H groups in total. The molecule has 1 aliphatic rings. The summed E-state index contributed by atoms with van der Waals surface area (Å²) in [5.74, 6) is 0. The first-order valence-corrected chi connectivity index (χ1v) is 8.95. The van der Waals surface area contributed by atoms with E-state index in [9.17, 15) is 18.0 Å². The van der Waals surface area contributed by atoms with Gasteiger partial charge in [-0.25, -0.2) is 4.79 Å². The third-order valence-electron chi connectivity index (χ3n) is 3.94. The molecule has 2 amide bonds.